The molecule has 0 unspecified atom stereocenters. The number of carbonyl (C=O) groups is 1. The van der Waals surface area contributed by atoms with Crippen LogP contribution in [0.4, 0.5) is 8.78 Å². The third kappa shape index (κ3) is 3.31. The number of hydrogen-bond acceptors (Lipinski definition) is 1. The normalized spacial score (nSPS) is 14.8. The third-order valence-corrected chi connectivity index (χ3v) is 3.37. The molecule has 1 aromatic rings. The Balaban J connectivity index is 2.19. The largest absolute Gasteiger partial charge is 0.335 e. The molecule has 104 valence electrons. The van der Waals surface area contributed by atoms with Crippen molar-refractivity contribution in [2.45, 2.75) is 39.2 Å². The fourth-order valence-corrected chi connectivity index (χ4v) is 2.08. The lowest BCUT2D eigenvalue weighted by molar-refractivity contribution is 0.0725. The van der Waals surface area contributed by atoms with Gasteiger partial charge in [0.1, 0.15) is 17.2 Å². The molecule has 1 fully saturated rings. The molecule has 0 spiro atoms. The second-order valence-electron chi connectivity index (χ2n) is 5.51. The van der Waals surface area contributed by atoms with Gasteiger partial charge in [0, 0.05) is 12.6 Å². The smallest absolute Gasteiger partial charge is 0.260 e. The molecule has 0 atom stereocenters. The van der Waals surface area contributed by atoms with Gasteiger partial charge in [-0.15, -0.1) is 0 Å². The minimum absolute atomic E-state index is 0.158. The fraction of sp³-hybridized carbons (Fsp3) is 0.533. The van der Waals surface area contributed by atoms with Gasteiger partial charge in [-0.1, -0.05) is 19.9 Å². The molecular weight excluding hydrogens is 248 g/mol. The topological polar surface area (TPSA) is 20.3 Å². The predicted octanol–water partition coefficient (Wildman–Crippen LogP) is 3.62. The molecule has 2 nitrogen and oxygen atoms in total. The minimum Gasteiger partial charge on any atom is -0.335 e. The second kappa shape index (κ2) is 5.68. The summed E-state index contributed by atoms with van der Waals surface area (Å²) in [7, 11) is 0. The quantitative estimate of drug-likeness (QED) is 0.798. The molecule has 0 heterocycles. The van der Waals surface area contributed by atoms with Gasteiger partial charge in [0.15, 0.2) is 0 Å². The van der Waals surface area contributed by atoms with Crippen LogP contribution in [0.3, 0.4) is 0 Å². The average Bonchev–Trinajstić information content (AvgIpc) is 3.13. The monoisotopic (exact) mass is 267 g/mol. The van der Waals surface area contributed by atoms with Crippen molar-refractivity contribution in [3.8, 4) is 0 Å². The molecule has 19 heavy (non-hydrogen) atoms. The SMILES string of the molecule is CC(C)CCN(C(=O)c1c(F)cccc1F)C1CC1. The van der Waals surface area contributed by atoms with E-state index >= 15 is 0 Å². The molecule has 1 aliphatic carbocycles. The summed E-state index contributed by atoms with van der Waals surface area (Å²) in [6, 6.07) is 3.69. The number of halogens is 2. The first-order valence-electron chi connectivity index (χ1n) is 6.75. The van der Waals surface area contributed by atoms with Crippen LogP contribution in [-0.4, -0.2) is 23.4 Å². The molecule has 2 rings (SSSR count). The first-order valence-corrected chi connectivity index (χ1v) is 6.75. The van der Waals surface area contributed by atoms with Crippen LogP contribution in [0.15, 0.2) is 18.2 Å². The zero-order chi connectivity index (χ0) is 14.0. The van der Waals surface area contributed by atoms with Crippen LogP contribution < -0.4 is 0 Å². The van der Waals surface area contributed by atoms with Crippen molar-refractivity contribution < 1.29 is 13.6 Å². The lowest BCUT2D eigenvalue weighted by Crippen LogP contribution is -2.35. The maximum absolute atomic E-state index is 13.7. The van der Waals surface area contributed by atoms with Crippen molar-refractivity contribution >= 4 is 5.91 Å². The van der Waals surface area contributed by atoms with Crippen molar-refractivity contribution in [2.24, 2.45) is 5.92 Å². The predicted molar refractivity (Wildman–Crippen MR) is 69.9 cm³/mol. The van der Waals surface area contributed by atoms with Gasteiger partial charge in [-0.3, -0.25) is 4.79 Å². The maximum atomic E-state index is 13.7. The van der Waals surface area contributed by atoms with Gasteiger partial charge >= 0.3 is 0 Å². The maximum Gasteiger partial charge on any atom is 0.260 e. The van der Waals surface area contributed by atoms with Crippen LogP contribution in [0.2, 0.25) is 0 Å². The van der Waals surface area contributed by atoms with Crippen molar-refractivity contribution in [1.29, 1.82) is 0 Å². The number of rotatable bonds is 5. The molecule has 1 aliphatic rings. The summed E-state index contributed by atoms with van der Waals surface area (Å²) < 4.78 is 27.3. The van der Waals surface area contributed by atoms with E-state index in [0.717, 1.165) is 31.4 Å². The fourth-order valence-electron chi connectivity index (χ4n) is 2.08. The van der Waals surface area contributed by atoms with Gasteiger partial charge in [-0.05, 0) is 37.3 Å². The second-order valence-corrected chi connectivity index (χ2v) is 5.51. The Kier molecular flexibility index (Phi) is 4.17. The zero-order valence-corrected chi connectivity index (χ0v) is 11.3. The zero-order valence-electron chi connectivity index (χ0n) is 11.3. The molecule has 1 aromatic carbocycles. The summed E-state index contributed by atoms with van der Waals surface area (Å²) in [5, 5.41) is 0. The van der Waals surface area contributed by atoms with Crippen LogP contribution in [0.25, 0.3) is 0 Å². The molecule has 1 saturated carbocycles. The lowest BCUT2D eigenvalue weighted by atomic mass is 10.1. The van der Waals surface area contributed by atoms with E-state index in [0.29, 0.717) is 12.5 Å². The van der Waals surface area contributed by atoms with E-state index in [1.165, 1.54) is 6.07 Å². The lowest BCUT2D eigenvalue weighted by Gasteiger charge is -2.23. The first-order chi connectivity index (χ1) is 9.00. The van der Waals surface area contributed by atoms with Crippen LogP contribution >= 0.6 is 0 Å². The minimum atomic E-state index is -0.778. The number of carbonyl (C=O) groups excluding carboxylic acids is 1. The molecule has 0 bridgehead atoms. The van der Waals surface area contributed by atoms with E-state index in [4.69, 9.17) is 0 Å². The number of benzene rings is 1. The summed E-state index contributed by atoms with van der Waals surface area (Å²) in [5.74, 6) is -1.61. The Bertz CT molecular complexity index is 449. The summed E-state index contributed by atoms with van der Waals surface area (Å²) in [6.45, 7) is 4.70. The Hall–Kier alpha value is -1.45. The highest BCUT2D eigenvalue weighted by atomic mass is 19.1. The first kappa shape index (κ1) is 14.0. The van der Waals surface area contributed by atoms with Gasteiger partial charge in [-0.25, -0.2) is 8.78 Å². The van der Waals surface area contributed by atoms with Gasteiger partial charge in [0.2, 0.25) is 0 Å². The van der Waals surface area contributed by atoms with Crippen molar-refractivity contribution in [1.82, 2.24) is 4.90 Å². The summed E-state index contributed by atoms with van der Waals surface area (Å²) in [4.78, 5) is 14.0. The van der Waals surface area contributed by atoms with Crippen LogP contribution in [-0.2, 0) is 0 Å². The molecule has 4 heteroatoms. The standard InChI is InChI=1S/C15H19F2NO/c1-10(2)8-9-18(11-6-7-11)15(19)14-12(16)4-3-5-13(14)17/h3-5,10-11H,6-9H2,1-2H3. The van der Waals surface area contributed by atoms with E-state index in [2.05, 4.69) is 13.8 Å². The third-order valence-electron chi connectivity index (χ3n) is 3.37. The number of nitrogens with zero attached hydrogens (tertiary/aromatic N) is 1. The number of amides is 1. The van der Waals surface area contributed by atoms with Gasteiger partial charge in [-0.2, -0.15) is 0 Å². The van der Waals surface area contributed by atoms with E-state index in [1.807, 2.05) is 0 Å². The van der Waals surface area contributed by atoms with Crippen LogP contribution in [0.1, 0.15) is 43.5 Å². The Morgan fingerprint density at radius 3 is 2.37 bits per heavy atom. The summed E-state index contributed by atoms with van der Waals surface area (Å²) >= 11 is 0. The molecule has 0 saturated heterocycles. The average molecular weight is 267 g/mol. The van der Waals surface area contributed by atoms with Gasteiger partial charge in [0.25, 0.3) is 5.91 Å². The molecule has 0 aromatic heterocycles. The van der Waals surface area contributed by atoms with Gasteiger partial charge < -0.3 is 4.90 Å². The highest BCUT2D eigenvalue weighted by Gasteiger charge is 2.34. The van der Waals surface area contributed by atoms with Gasteiger partial charge in [0.05, 0.1) is 0 Å². The summed E-state index contributed by atoms with van der Waals surface area (Å²) in [5.41, 5.74) is -0.418. The van der Waals surface area contributed by atoms with E-state index in [-0.39, 0.29) is 6.04 Å². The van der Waals surface area contributed by atoms with E-state index in [9.17, 15) is 13.6 Å². The van der Waals surface area contributed by atoms with E-state index in [1.54, 1.807) is 4.90 Å². The highest BCUT2D eigenvalue weighted by Crippen LogP contribution is 2.29. The molecule has 1 amide bonds. The molecular formula is C15H19F2NO. The van der Waals surface area contributed by atoms with Crippen molar-refractivity contribution in [2.75, 3.05) is 6.54 Å². The molecule has 0 aliphatic heterocycles. The number of hydrogen-bond donors (Lipinski definition) is 0. The van der Waals surface area contributed by atoms with Crippen molar-refractivity contribution in [3.05, 3.63) is 35.4 Å². The highest BCUT2D eigenvalue weighted by molar-refractivity contribution is 5.95. The summed E-state index contributed by atoms with van der Waals surface area (Å²) in [6.07, 6.45) is 2.71. The Morgan fingerprint density at radius 2 is 1.89 bits per heavy atom. The Labute approximate surface area is 112 Å². The van der Waals surface area contributed by atoms with E-state index < -0.39 is 23.1 Å². The van der Waals surface area contributed by atoms with Crippen molar-refractivity contribution in [3.63, 3.8) is 0 Å². The molecule has 0 N–H and O–H groups in total. The van der Waals surface area contributed by atoms with Crippen LogP contribution in [0, 0.1) is 17.6 Å². The Morgan fingerprint density at radius 1 is 1.32 bits per heavy atom. The van der Waals surface area contributed by atoms with Crippen LogP contribution in [0.5, 0.6) is 0 Å². The molecule has 0 radical (unpaired) electrons.